The van der Waals surface area contributed by atoms with Gasteiger partial charge in [0.2, 0.25) is 0 Å². The molecular formula is C30H40O11. The van der Waals surface area contributed by atoms with Crippen molar-refractivity contribution in [2.24, 2.45) is 28.1 Å². The standard InChI is InChI=1S/C30H40O11/c1-14-25(36)30-23(39-17(4)33)12-21-27(7,8)11-10-22(38-16(3)32)28(21,9)24(30)20(37-15(2)31)13-29(14,41-19(6)35)26(30)40-18(5)34/h20-24,26H,1,10-13H2,2-9H3/t20-,21-,22-,23-,24-,26+,28+,29-,30-/m1/s1. The maximum absolute atomic E-state index is 14.7. The summed E-state index contributed by atoms with van der Waals surface area (Å²) in [7, 11) is 0. The molecule has 0 aromatic heterocycles. The fraction of sp³-hybridized carbons (Fsp3) is 0.733. The molecule has 0 aliphatic heterocycles. The summed E-state index contributed by atoms with van der Waals surface area (Å²) in [5.41, 5.74) is -5.30. The van der Waals surface area contributed by atoms with Crippen molar-refractivity contribution in [3.63, 3.8) is 0 Å². The molecule has 0 heterocycles. The van der Waals surface area contributed by atoms with Crippen LogP contribution in [0.5, 0.6) is 0 Å². The maximum Gasteiger partial charge on any atom is 0.303 e. The molecule has 0 saturated heterocycles. The summed E-state index contributed by atoms with van der Waals surface area (Å²) < 4.78 is 29.5. The Morgan fingerprint density at radius 2 is 1.32 bits per heavy atom. The average Bonchev–Trinajstić information content (AvgIpc) is 2.91. The lowest BCUT2D eigenvalue weighted by Gasteiger charge is -2.68. The summed E-state index contributed by atoms with van der Waals surface area (Å²) in [5.74, 6) is -5.25. The second-order valence-electron chi connectivity index (χ2n) is 12.9. The van der Waals surface area contributed by atoms with E-state index >= 15 is 0 Å². The minimum Gasteiger partial charge on any atom is -0.462 e. The smallest absolute Gasteiger partial charge is 0.303 e. The molecule has 4 rings (SSSR count). The molecule has 4 saturated carbocycles. The Balaban J connectivity index is 2.13. The third-order valence-corrected chi connectivity index (χ3v) is 10.1. The molecule has 226 valence electrons. The third-order valence-electron chi connectivity index (χ3n) is 10.1. The van der Waals surface area contributed by atoms with Crippen molar-refractivity contribution in [2.75, 3.05) is 0 Å². The lowest BCUT2D eigenvalue weighted by Crippen LogP contribution is -2.76. The maximum atomic E-state index is 14.7. The predicted molar refractivity (Wildman–Crippen MR) is 141 cm³/mol. The average molecular weight is 577 g/mol. The molecule has 11 nitrogen and oxygen atoms in total. The highest BCUT2D eigenvalue weighted by atomic mass is 16.6. The zero-order valence-corrected chi connectivity index (χ0v) is 25.0. The molecule has 0 aromatic rings. The van der Waals surface area contributed by atoms with E-state index in [0.29, 0.717) is 12.8 Å². The van der Waals surface area contributed by atoms with Gasteiger partial charge in [-0.2, -0.15) is 0 Å². The fourth-order valence-electron chi connectivity index (χ4n) is 9.09. The Bertz CT molecular complexity index is 1220. The molecule has 41 heavy (non-hydrogen) atoms. The number of fused-ring (bicyclic) bond motifs is 3. The number of carbonyl (C=O) groups excluding carboxylic acids is 6. The van der Waals surface area contributed by atoms with E-state index in [4.69, 9.17) is 23.7 Å². The quantitative estimate of drug-likeness (QED) is 0.270. The molecule has 9 atom stereocenters. The fourth-order valence-corrected chi connectivity index (χ4v) is 9.09. The van der Waals surface area contributed by atoms with Crippen LogP contribution < -0.4 is 0 Å². The zero-order valence-electron chi connectivity index (χ0n) is 25.0. The number of ether oxygens (including phenoxy) is 5. The van der Waals surface area contributed by atoms with Crippen LogP contribution >= 0.6 is 0 Å². The number of esters is 5. The van der Waals surface area contributed by atoms with E-state index in [0.717, 1.165) is 13.8 Å². The summed E-state index contributed by atoms with van der Waals surface area (Å²) in [5, 5.41) is 0. The van der Waals surface area contributed by atoms with Crippen LogP contribution in [0.15, 0.2) is 12.2 Å². The van der Waals surface area contributed by atoms with Gasteiger partial charge in [-0.05, 0) is 30.6 Å². The van der Waals surface area contributed by atoms with Crippen LogP contribution in [0.1, 0.15) is 81.1 Å². The van der Waals surface area contributed by atoms with Crippen LogP contribution in [0.2, 0.25) is 0 Å². The van der Waals surface area contributed by atoms with Gasteiger partial charge in [-0.1, -0.05) is 27.4 Å². The van der Waals surface area contributed by atoms with Crippen LogP contribution in [-0.4, -0.2) is 65.6 Å². The van der Waals surface area contributed by atoms with Crippen molar-refractivity contribution in [1.29, 1.82) is 0 Å². The SMILES string of the molecule is C=C1C(=O)[C@@]23[C@H]([C@H](OC(C)=O)C[C@]1(OC(C)=O)[C@@H]2OC(C)=O)[C@@]1(C)[C@H](C[C@H]3OC(C)=O)C(C)(C)CC[C@H]1OC(C)=O. The Morgan fingerprint density at radius 1 is 0.780 bits per heavy atom. The van der Waals surface area contributed by atoms with E-state index in [1.165, 1.54) is 20.8 Å². The third kappa shape index (κ3) is 4.37. The van der Waals surface area contributed by atoms with Crippen molar-refractivity contribution < 1.29 is 52.5 Å². The van der Waals surface area contributed by atoms with Crippen molar-refractivity contribution in [2.45, 2.75) is 111 Å². The van der Waals surface area contributed by atoms with Crippen LogP contribution in [0, 0.1) is 28.1 Å². The van der Waals surface area contributed by atoms with E-state index in [1.54, 1.807) is 0 Å². The number of hydrogen-bond acceptors (Lipinski definition) is 11. The van der Waals surface area contributed by atoms with E-state index < -0.39 is 82.4 Å². The van der Waals surface area contributed by atoms with Gasteiger partial charge < -0.3 is 23.7 Å². The molecule has 2 bridgehead atoms. The van der Waals surface area contributed by atoms with Gasteiger partial charge in [-0.25, -0.2) is 0 Å². The summed E-state index contributed by atoms with van der Waals surface area (Å²) in [4.78, 5) is 77.5. The van der Waals surface area contributed by atoms with Gasteiger partial charge >= 0.3 is 29.8 Å². The largest absolute Gasteiger partial charge is 0.462 e. The second kappa shape index (κ2) is 9.94. The number of ketones is 1. The van der Waals surface area contributed by atoms with E-state index in [-0.39, 0.29) is 29.7 Å². The summed E-state index contributed by atoms with van der Waals surface area (Å²) in [6.45, 7) is 16.1. The van der Waals surface area contributed by atoms with Crippen LogP contribution in [0.4, 0.5) is 0 Å². The van der Waals surface area contributed by atoms with E-state index in [9.17, 15) is 28.8 Å². The molecule has 0 amide bonds. The van der Waals surface area contributed by atoms with Gasteiger partial charge in [-0.15, -0.1) is 0 Å². The first-order valence-corrected chi connectivity index (χ1v) is 14.0. The van der Waals surface area contributed by atoms with Crippen molar-refractivity contribution in [3.8, 4) is 0 Å². The van der Waals surface area contributed by atoms with Gasteiger partial charge in [0.05, 0.1) is 0 Å². The molecule has 0 unspecified atom stereocenters. The summed E-state index contributed by atoms with van der Waals surface area (Å²) in [6.07, 6.45) is -3.36. The summed E-state index contributed by atoms with van der Waals surface area (Å²) in [6, 6.07) is 0. The predicted octanol–water partition coefficient (Wildman–Crippen LogP) is 3.01. The van der Waals surface area contributed by atoms with Gasteiger partial charge in [0, 0.05) is 57.9 Å². The zero-order chi connectivity index (χ0) is 30.9. The minimum atomic E-state index is -1.88. The van der Waals surface area contributed by atoms with Gasteiger partial charge in [-0.3, -0.25) is 28.8 Å². The Labute approximate surface area is 239 Å². The molecule has 4 aliphatic rings. The van der Waals surface area contributed by atoms with Crippen molar-refractivity contribution >= 4 is 35.6 Å². The van der Waals surface area contributed by atoms with Crippen LogP contribution in [0.3, 0.4) is 0 Å². The van der Waals surface area contributed by atoms with E-state index in [1.807, 2.05) is 6.92 Å². The Hall–Kier alpha value is -3.24. The molecule has 1 spiro atoms. The van der Waals surface area contributed by atoms with Gasteiger partial charge in [0.15, 0.2) is 17.5 Å². The molecule has 0 aromatic carbocycles. The second-order valence-corrected chi connectivity index (χ2v) is 12.9. The van der Waals surface area contributed by atoms with Gasteiger partial charge in [0.25, 0.3) is 0 Å². The highest BCUT2D eigenvalue weighted by molar-refractivity contribution is 6.07. The lowest BCUT2D eigenvalue weighted by molar-refractivity contribution is -0.299. The molecular weight excluding hydrogens is 536 g/mol. The van der Waals surface area contributed by atoms with Crippen molar-refractivity contribution in [3.05, 3.63) is 12.2 Å². The molecule has 4 aliphatic carbocycles. The summed E-state index contributed by atoms with van der Waals surface area (Å²) >= 11 is 0. The van der Waals surface area contributed by atoms with Gasteiger partial charge in [0.1, 0.15) is 23.7 Å². The normalized spacial score (nSPS) is 40.4. The number of carbonyl (C=O) groups is 6. The van der Waals surface area contributed by atoms with Crippen molar-refractivity contribution in [1.82, 2.24) is 0 Å². The van der Waals surface area contributed by atoms with E-state index in [2.05, 4.69) is 20.4 Å². The van der Waals surface area contributed by atoms with Crippen LogP contribution in [0.25, 0.3) is 0 Å². The van der Waals surface area contributed by atoms with Crippen LogP contribution in [-0.2, 0) is 52.5 Å². The Kier molecular flexibility index (Phi) is 7.45. The minimum absolute atomic E-state index is 0.142. The molecule has 0 radical (unpaired) electrons. The Morgan fingerprint density at radius 3 is 1.83 bits per heavy atom. The molecule has 11 heteroatoms. The molecule has 0 N–H and O–H groups in total. The number of rotatable bonds is 5. The first-order valence-electron chi connectivity index (χ1n) is 14.0. The topological polar surface area (TPSA) is 149 Å². The first kappa shape index (κ1) is 30.7. The monoisotopic (exact) mass is 576 g/mol. The number of Topliss-reactive ketones (excluding diaryl/α,β-unsaturated/α-hetero) is 1. The highest BCUT2D eigenvalue weighted by Gasteiger charge is 2.85. The number of hydrogen-bond donors (Lipinski definition) is 0. The molecule has 4 fully saturated rings. The first-order chi connectivity index (χ1) is 18.8. The lowest BCUT2D eigenvalue weighted by atomic mass is 9.38. The highest BCUT2D eigenvalue weighted by Crippen LogP contribution is 2.74.